The summed E-state index contributed by atoms with van der Waals surface area (Å²) in [5, 5.41) is 11.5. The van der Waals surface area contributed by atoms with Crippen molar-refractivity contribution in [2.24, 2.45) is 0 Å². The maximum Gasteiger partial charge on any atom is 0.303 e. The van der Waals surface area contributed by atoms with E-state index in [1.54, 1.807) is 57.7 Å². The molecule has 0 aromatic heterocycles. The van der Waals surface area contributed by atoms with E-state index in [1.165, 1.54) is 0 Å². The Morgan fingerprint density at radius 2 is 1.41 bits per heavy atom. The molecule has 0 saturated carbocycles. The summed E-state index contributed by atoms with van der Waals surface area (Å²) in [4.78, 5) is 23.3. The fourth-order valence-electron chi connectivity index (χ4n) is 3.31. The standard InChI is InChI=1S/C27H27NO6/c1-28-27(31)25(16-19-14-23(32-2)17-24(15-19)33-3)20-7-11-22(12-8-20)34-21-9-4-18(5-10-21)6-13-26(29)30/h4-5,7-12,14-17H,6,13H2,1-3H3,(H,28,31)(H,29,30)/b25-16+. The first-order valence-corrected chi connectivity index (χ1v) is 10.7. The Hall–Kier alpha value is -4.26. The third-order valence-electron chi connectivity index (χ3n) is 5.11. The van der Waals surface area contributed by atoms with Crippen molar-refractivity contribution in [2.45, 2.75) is 12.8 Å². The van der Waals surface area contributed by atoms with Gasteiger partial charge in [-0.2, -0.15) is 0 Å². The molecule has 3 aromatic rings. The Morgan fingerprint density at radius 3 is 1.91 bits per heavy atom. The molecule has 34 heavy (non-hydrogen) atoms. The van der Waals surface area contributed by atoms with Gasteiger partial charge in [0, 0.05) is 25.1 Å². The Bertz CT molecular complexity index is 1140. The second kappa shape index (κ2) is 11.6. The van der Waals surface area contributed by atoms with Crippen molar-refractivity contribution in [3.05, 3.63) is 83.4 Å². The van der Waals surface area contributed by atoms with Gasteiger partial charge in [-0.05, 0) is 65.6 Å². The highest BCUT2D eigenvalue weighted by Crippen LogP contribution is 2.28. The molecule has 0 aliphatic rings. The van der Waals surface area contributed by atoms with Crippen molar-refractivity contribution in [1.29, 1.82) is 0 Å². The van der Waals surface area contributed by atoms with Gasteiger partial charge in [0.15, 0.2) is 0 Å². The Balaban J connectivity index is 1.80. The van der Waals surface area contributed by atoms with Crippen LogP contribution in [0.5, 0.6) is 23.0 Å². The monoisotopic (exact) mass is 461 g/mol. The van der Waals surface area contributed by atoms with Crippen LogP contribution >= 0.6 is 0 Å². The van der Waals surface area contributed by atoms with Crippen LogP contribution in [0, 0.1) is 0 Å². The number of likely N-dealkylation sites (N-methyl/N-ethyl adjacent to an activating group) is 1. The van der Waals surface area contributed by atoms with Crippen LogP contribution in [0.3, 0.4) is 0 Å². The molecule has 3 rings (SSSR count). The van der Waals surface area contributed by atoms with Crippen molar-refractivity contribution in [3.8, 4) is 23.0 Å². The van der Waals surface area contributed by atoms with Gasteiger partial charge in [0.25, 0.3) is 5.91 Å². The van der Waals surface area contributed by atoms with E-state index in [9.17, 15) is 9.59 Å². The predicted octanol–water partition coefficient (Wildman–Crippen LogP) is 4.80. The lowest BCUT2D eigenvalue weighted by atomic mass is 10.0. The van der Waals surface area contributed by atoms with Crippen molar-refractivity contribution < 1.29 is 28.9 Å². The normalized spacial score (nSPS) is 11.0. The van der Waals surface area contributed by atoms with E-state index in [2.05, 4.69) is 5.32 Å². The number of nitrogens with one attached hydrogen (secondary N) is 1. The highest BCUT2D eigenvalue weighted by atomic mass is 16.5. The number of rotatable bonds is 10. The SMILES string of the molecule is CNC(=O)/C(=C/c1cc(OC)cc(OC)c1)c1ccc(Oc2ccc(CCC(=O)O)cc2)cc1. The second-order valence-corrected chi connectivity index (χ2v) is 7.45. The number of carboxylic acid groups (broad SMARTS) is 1. The minimum absolute atomic E-state index is 0.0887. The molecule has 0 unspecified atom stereocenters. The van der Waals surface area contributed by atoms with Crippen LogP contribution in [0.25, 0.3) is 11.6 Å². The summed E-state index contributed by atoms with van der Waals surface area (Å²) in [5.41, 5.74) is 2.89. The largest absolute Gasteiger partial charge is 0.497 e. The molecule has 0 fully saturated rings. The second-order valence-electron chi connectivity index (χ2n) is 7.45. The van der Waals surface area contributed by atoms with E-state index < -0.39 is 5.97 Å². The number of methoxy groups -OCH3 is 2. The zero-order valence-electron chi connectivity index (χ0n) is 19.3. The highest BCUT2D eigenvalue weighted by molar-refractivity contribution is 6.24. The third kappa shape index (κ3) is 6.62. The molecule has 0 saturated heterocycles. The van der Waals surface area contributed by atoms with E-state index in [-0.39, 0.29) is 12.3 Å². The molecule has 7 nitrogen and oxygen atoms in total. The Labute approximate surface area is 198 Å². The molecule has 2 N–H and O–H groups in total. The molecule has 7 heteroatoms. The highest BCUT2D eigenvalue weighted by Gasteiger charge is 2.12. The molecule has 0 aliphatic carbocycles. The van der Waals surface area contributed by atoms with Crippen molar-refractivity contribution in [3.63, 3.8) is 0 Å². The quantitative estimate of drug-likeness (QED) is 0.333. The van der Waals surface area contributed by atoms with Gasteiger partial charge >= 0.3 is 5.97 Å². The average Bonchev–Trinajstić information content (AvgIpc) is 2.86. The van der Waals surface area contributed by atoms with E-state index in [4.69, 9.17) is 19.3 Å². The van der Waals surface area contributed by atoms with Gasteiger partial charge in [-0.25, -0.2) is 0 Å². The van der Waals surface area contributed by atoms with Crippen LogP contribution < -0.4 is 19.5 Å². The number of aryl methyl sites for hydroxylation is 1. The van der Waals surface area contributed by atoms with Gasteiger partial charge in [0.2, 0.25) is 0 Å². The number of benzene rings is 3. The first-order valence-electron chi connectivity index (χ1n) is 10.7. The van der Waals surface area contributed by atoms with Gasteiger partial charge in [-0.3, -0.25) is 9.59 Å². The molecule has 0 bridgehead atoms. The number of amides is 1. The molecule has 176 valence electrons. The van der Waals surface area contributed by atoms with E-state index in [1.807, 2.05) is 36.4 Å². The van der Waals surface area contributed by atoms with E-state index in [0.717, 1.165) is 16.7 Å². The summed E-state index contributed by atoms with van der Waals surface area (Å²) in [5.74, 6) is 1.45. The number of carbonyl (C=O) groups is 2. The summed E-state index contributed by atoms with van der Waals surface area (Å²) in [7, 11) is 4.73. The summed E-state index contributed by atoms with van der Waals surface area (Å²) >= 11 is 0. The van der Waals surface area contributed by atoms with Gasteiger partial charge < -0.3 is 24.6 Å². The number of aliphatic carboxylic acids is 1. The average molecular weight is 462 g/mol. The molecule has 0 heterocycles. The fraction of sp³-hybridized carbons (Fsp3) is 0.185. The van der Waals surface area contributed by atoms with Gasteiger partial charge in [0.1, 0.15) is 23.0 Å². The molecule has 0 spiro atoms. The van der Waals surface area contributed by atoms with Crippen LogP contribution in [0.2, 0.25) is 0 Å². The van der Waals surface area contributed by atoms with E-state index >= 15 is 0 Å². The lowest BCUT2D eigenvalue weighted by Crippen LogP contribution is -2.19. The zero-order chi connectivity index (χ0) is 24.5. The van der Waals surface area contributed by atoms with Crippen LogP contribution in [0.15, 0.2) is 66.7 Å². The van der Waals surface area contributed by atoms with Crippen LogP contribution in [0.1, 0.15) is 23.1 Å². The smallest absolute Gasteiger partial charge is 0.303 e. The molecule has 0 atom stereocenters. The summed E-state index contributed by atoms with van der Waals surface area (Å²) in [6.07, 6.45) is 2.33. The number of ether oxygens (including phenoxy) is 3. The molecule has 3 aromatic carbocycles. The lowest BCUT2D eigenvalue weighted by molar-refractivity contribution is -0.137. The molecule has 1 amide bonds. The molecule has 0 aliphatic heterocycles. The third-order valence-corrected chi connectivity index (χ3v) is 5.11. The fourth-order valence-corrected chi connectivity index (χ4v) is 3.31. The molecular formula is C27H27NO6. The number of hydrogen-bond donors (Lipinski definition) is 2. The number of carbonyl (C=O) groups excluding carboxylic acids is 1. The zero-order valence-corrected chi connectivity index (χ0v) is 19.3. The minimum atomic E-state index is -0.823. The number of carboxylic acids is 1. The van der Waals surface area contributed by atoms with Crippen LogP contribution in [-0.4, -0.2) is 38.3 Å². The van der Waals surface area contributed by atoms with Gasteiger partial charge in [0.05, 0.1) is 14.2 Å². The summed E-state index contributed by atoms with van der Waals surface area (Å²) in [6, 6.07) is 19.9. The lowest BCUT2D eigenvalue weighted by Gasteiger charge is -2.11. The number of hydrogen-bond acceptors (Lipinski definition) is 5. The first kappa shape index (κ1) is 24.4. The maximum absolute atomic E-state index is 12.6. The van der Waals surface area contributed by atoms with Gasteiger partial charge in [-0.1, -0.05) is 24.3 Å². The summed E-state index contributed by atoms with van der Waals surface area (Å²) < 4.78 is 16.5. The van der Waals surface area contributed by atoms with Crippen LogP contribution in [0.4, 0.5) is 0 Å². The van der Waals surface area contributed by atoms with Crippen molar-refractivity contribution in [1.82, 2.24) is 5.32 Å². The Kier molecular flexibility index (Phi) is 8.29. The summed E-state index contributed by atoms with van der Waals surface area (Å²) in [6.45, 7) is 0. The Morgan fingerprint density at radius 1 is 0.853 bits per heavy atom. The van der Waals surface area contributed by atoms with Crippen molar-refractivity contribution >= 4 is 23.5 Å². The maximum atomic E-state index is 12.6. The van der Waals surface area contributed by atoms with Crippen LogP contribution in [-0.2, 0) is 16.0 Å². The molecular weight excluding hydrogens is 434 g/mol. The topological polar surface area (TPSA) is 94.1 Å². The predicted molar refractivity (Wildman–Crippen MR) is 130 cm³/mol. The van der Waals surface area contributed by atoms with Crippen molar-refractivity contribution in [2.75, 3.05) is 21.3 Å². The molecule has 0 radical (unpaired) electrons. The first-order chi connectivity index (χ1) is 16.4. The van der Waals surface area contributed by atoms with E-state index in [0.29, 0.717) is 35.0 Å². The van der Waals surface area contributed by atoms with Gasteiger partial charge in [-0.15, -0.1) is 0 Å². The minimum Gasteiger partial charge on any atom is -0.497 e.